The van der Waals surface area contributed by atoms with E-state index < -0.39 is 0 Å². The van der Waals surface area contributed by atoms with Crippen LogP contribution in [0.25, 0.3) is 0 Å². The first-order valence-electron chi connectivity index (χ1n) is 6.60. The van der Waals surface area contributed by atoms with E-state index in [2.05, 4.69) is 76.2 Å². The van der Waals surface area contributed by atoms with Gasteiger partial charge in [0.05, 0.1) is 0 Å². The Hall–Kier alpha value is -0.940. The molecule has 2 rings (SSSR count). The van der Waals surface area contributed by atoms with E-state index in [9.17, 15) is 0 Å². The number of pyridine rings is 1. The average Bonchev–Trinajstić information content (AvgIpc) is 2.46. The van der Waals surface area contributed by atoms with Crippen molar-refractivity contribution in [3.8, 4) is 0 Å². The van der Waals surface area contributed by atoms with E-state index in [0.29, 0.717) is 6.04 Å². The number of halogens is 1. The molecule has 1 aromatic carbocycles. The highest BCUT2D eigenvalue weighted by Gasteiger charge is 2.13. The Balaban J connectivity index is 2.17. The Kier molecular flexibility index (Phi) is 5.34. The largest absolute Gasteiger partial charge is 0.313 e. The van der Waals surface area contributed by atoms with Crippen molar-refractivity contribution in [2.24, 2.45) is 0 Å². The summed E-state index contributed by atoms with van der Waals surface area (Å²) in [5.74, 6) is 0. The number of aryl methyl sites for hydroxylation is 1. The van der Waals surface area contributed by atoms with Crippen LogP contribution in [0.3, 0.4) is 0 Å². The van der Waals surface area contributed by atoms with Gasteiger partial charge in [-0.15, -0.1) is 0 Å². The van der Waals surface area contributed by atoms with Gasteiger partial charge in [-0.3, -0.25) is 4.98 Å². The molecule has 1 heterocycles. The molecular weight excluding hydrogens is 347 g/mol. The van der Waals surface area contributed by atoms with Crippen LogP contribution < -0.4 is 5.32 Å². The molecular formula is C16H19IN2. The van der Waals surface area contributed by atoms with Gasteiger partial charge in [0.2, 0.25) is 0 Å². The van der Waals surface area contributed by atoms with E-state index >= 15 is 0 Å². The molecule has 0 fully saturated rings. The van der Waals surface area contributed by atoms with Crippen molar-refractivity contribution < 1.29 is 0 Å². The quantitative estimate of drug-likeness (QED) is 0.816. The van der Waals surface area contributed by atoms with Crippen molar-refractivity contribution in [2.75, 3.05) is 7.05 Å². The lowest BCUT2D eigenvalue weighted by molar-refractivity contribution is 0.581. The molecule has 1 unspecified atom stereocenters. The lowest BCUT2D eigenvalue weighted by Crippen LogP contribution is -2.20. The van der Waals surface area contributed by atoms with Crippen LogP contribution in [0.5, 0.6) is 0 Å². The Morgan fingerprint density at radius 3 is 2.58 bits per heavy atom. The molecule has 2 nitrogen and oxygen atoms in total. The number of hydrogen-bond acceptors (Lipinski definition) is 2. The summed E-state index contributed by atoms with van der Waals surface area (Å²) in [5.41, 5.74) is 3.77. The van der Waals surface area contributed by atoms with E-state index in [1.54, 1.807) is 0 Å². The van der Waals surface area contributed by atoms with Gasteiger partial charge < -0.3 is 5.32 Å². The van der Waals surface area contributed by atoms with Gasteiger partial charge in [-0.1, -0.05) is 31.2 Å². The van der Waals surface area contributed by atoms with Crippen molar-refractivity contribution in [3.63, 3.8) is 0 Å². The van der Waals surface area contributed by atoms with E-state index in [0.717, 1.165) is 18.5 Å². The Labute approximate surface area is 128 Å². The van der Waals surface area contributed by atoms with Crippen LogP contribution in [0, 0.1) is 3.57 Å². The van der Waals surface area contributed by atoms with Gasteiger partial charge in [0, 0.05) is 27.9 Å². The Morgan fingerprint density at radius 1 is 1.21 bits per heavy atom. The summed E-state index contributed by atoms with van der Waals surface area (Å²) >= 11 is 2.39. The monoisotopic (exact) mass is 366 g/mol. The molecule has 0 amide bonds. The third-order valence-corrected chi connectivity index (χ3v) is 4.32. The molecule has 1 N–H and O–H groups in total. The number of benzene rings is 1. The highest BCUT2D eigenvalue weighted by Crippen LogP contribution is 2.22. The molecule has 0 bridgehead atoms. The minimum Gasteiger partial charge on any atom is -0.313 e. The van der Waals surface area contributed by atoms with Crippen LogP contribution in [0.4, 0.5) is 0 Å². The highest BCUT2D eigenvalue weighted by molar-refractivity contribution is 14.1. The summed E-state index contributed by atoms with van der Waals surface area (Å²) in [5, 5.41) is 3.39. The maximum Gasteiger partial charge on any atom is 0.0422 e. The fourth-order valence-electron chi connectivity index (χ4n) is 2.12. The van der Waals surface area contributed by atoms with Gasteiger partial charge >= 0.3 is 0 Å². The third kappa shape index (κ3) is 3.76. The SMILES string of the molecule is CCc1ccc(CC(NC)c2ccccc2I)nc1. The summed E-state index contributed by atoms with van der Waals surface area (Å²) in [6.07, 6.45) is 3.94. The summed E-state index contributed by atoms with van der Waals surface area (Å²) in [6.45, 7) is 2.15. The van der Waals surface area contributed by atoms with Gasteiger partial charge in [0.15, 0.2) is 0 Å². The van der Waals surface area contributed by atoms with Crippen LogP contribution in [-0.2, 0) is 12.8 Å². The van der Waals surface area contributed by atoms with Gasteiger partial charge in [-0.25, -0.2) is 0 Å². The van der Waals surface area contributed by atoms with Gasteiger partial charge in [0.25, 0.3) is 0 Å². The Morgan fingerprint density at radius 2 is 2.00 bits per heavy atom. The van der Waals surface area contributed by atoms with E-state index in [-0.39, 0.29) is 0 Å². The molecule has 0 saturated heterocycles. The predicted octanol–water partition coefficient (Wildman–Crippen LogP) is 3.75. The number of nitrogens with zero attached hydrogens (tertiary/aromatic N) is 1. The maximum atomic E-state index is 4.55. The summed E-state index contributed by atoms with van der Waals surface area (Å²) in [4.78, 5) is 4.55. The first kappa shape index (κ1) is 14.5. The van der Waals surface area contributed by atoms with Crippen LogP contribution >= 0.6 is 22.6 Å². The van der Waals surface area contributed by atoms with Crippen molar-refractivity contribution in [2.45, 2.75) is 25.8 Å². The van der Waals surface area contributed by atoms with Crippen LogP contribution in [0.15, 0.2) is 42.6 Å². The molecule has 19 heavy (non-hydrogen) atoms. The zero-order valence-electron chi connectivity index (χ0n) is 11.4. The lowest BCUT2D eigenvalue weighted by atomic mass is 10.0. The van der Waals surface area contributed by atoms with Gasteiger partial charge in [0.1, 0.15) is 0 Å². The molecule has 1 aromatic heterocycles. The first-order chi connectivity index (χ1) is 9.24. The standard InChI is InChI=1S/C16H19IN2/c1-3-12-8-9-13(19-11-12)10-16(18-2)14-6-4-5-7-15(14)17/h4-9,11,16,18H,3,10H2,1-2H3. The molecule has 0 aliphatic carbocycles. The molecule has 0 aliphatic rings. The molecule has 1 atom stereocenters. The molecule has 0 radical (unpaired) electrons. The van der Waals surface area contributed by atoms with Gasteiger partial charge in [-0.05, 0) is 59.3 Å². The van der Waals surface area contributed by atoms with Crippen molar-refractivity contribution >= 4 is 22.6 Å². The van der Waals surface area contributed by atoms with Crippen LogP contribution in [-0.4, -0.2) is 12.0 Å². The number of aromatic nitrogens is 1. The molecule has 0 aliphatic heterocycles. The minimum atomic E-state index is 0.313. The topological polar surface area (TPSA) is 24.9 Å². The zero-order valence-corrected chi connectivity index (χ0v) is 13.5. The summed E-state index contributed by atoms with van der Waals surface area (Å²) in [7, 11) is 2.01. The molecule has 2 aromatic rings. The minimum absolute atomic E-state index is 0.313. The second-order valence-electron chi connectivity index (χ2n) is 4.58. The Bertz CT molecular complexity index is 523. The normalized spacial score (nSPS) is 12.4. The number of hydrogen-bond donors (Lipinski definition) is 1. The molecule has 100 valence electrons. The molecule has 0 saturated carbocycles. The van der Waals surface area contributed by atoms with Crippen LogP contribution in [0.1, 0.15) is 29.8 Å². The predicted molar refractivity (Wildman–Crippen MR) is 88.3 cm³/mol. The number of rotatable bonds is 5. The van der Waals surface area contributed by atoms with Crippen LogP contribution in [0.2, 0.25) is 0 Å². The summed E-state index contributed by atoms with van der Waals surface area (Å²) < 4.78 is 1.30. The van der Waals surface area contributed by atoms with Crippen molar-refractivity contribution in [3.05, 3.63) is 63.0 Å². The number of likely N-dealkylation sites (N-methyl/N-ethyl adjacent to an activating group) is 1. The lowest BCUT2D eigenvalue weighted by Gasteiger charge is -2.18. The smallest absolute Gasteiger partial charge is 0.0422 e. The van der Waals surface area contributed by atoms with Gasteiger partial charge in [-0.2, -0.15) is 0 Å². The van der Waals surface area contributed by atoms with E-state index in [4.69, 9.17) is 0 Å². The first-order valence-corrected chi connectivity index (χ1v) is 7.68. The summed E-state index contributed by atoms with van der Waals surface area (Å²) in [6, 6.07) is 13.1. The fraction of sp³-hybridized carbons (Fsp3) is 0.312. The fourth-order valence-corrected chi connectivity index (χ4v) is 2.88. The van der Waals surface area contributed by atoms with Crippen molar-refractivity contribution in [1.82, 2.24) is 10.3 Å². The average molecular weight is 366 g/mol. The highest BCUT2D eigenvalue weighted by atomic mass is 127. The molecule has 3 heteroatoms. The maximum absolute atomic E-state index is 4.55. The third-order valence-electron chi connectivity index (χ3n) is 3.34. The second kappa shape index (κ2) is 7.01. The number of nitrogens with one attached hydrogen (secondary N) is 1. The molecule has 0 spiro atoms. The second-order valence-corrected chi connectivity index (χ2v) is 5.74. The van der Waals surface area contributed by atoms with E-state index in [1.165, 1.54) is 14.7 Å². The zero-order chi connectivity index (χ0) is 13.7. The van der Waals surface area contributed by atoms with E-state index in [1.807, 2.05) is 13.2 Å². The van der Waals surface area contributed by atoms with Crippen molar-refractivity contribution in [1.29, 1.82) is 0 Å².